The maximum Gasteiger partial charge on any atom is 0.00570 e. The van der Waals surface area contributed by atoms with E-state index in [1.807, 2.05) is 0 Å². The zero-order chi connectivity index (χ0) is 12.1. The lowest BCUT2D eigenvalue weighted by molar-refractivity contribution is 0.511. The molecule has 0 saturated heterocycles. The maximum atomic E-state index is 3.54. The van der Waals surface area contributed by atoms with E-state index in [0.717, 1.165) is 5.92 Å². The third kappa shape index (κ3) is 12.5. The van der Waals surface area contributed by atoms with E-state index in [-0.39, 0.29) is 0 Å². The average Bonchev–Trinajstić information content (AvgIpc) is 2.31. The molecule has 0 N–H and O–H groups in total. The van der Waals surface area contributed by atoms with E-state index in [2.05, 4.69) is 29.8 Å². The summed E-state index contributed by atoms with van der Waals surface area (Å²) in [5.74, 6) is 0.869. The Bertz CT molecular complexity index is 123. The lowest BCUT2D eigenvalue weighted by atomic mass is 10.0. The van der Waals surface area contributed by atoms with Crippen LogP contribution >= 0.6 is 15.9 Å². The molecular weight excluding hydrogens is 260 g/mol. The van der Waals surface area contributed by atoms with Gasteiger partial charge in [-0.05, 0) is 12.3 Å². The summed E-state index contributed by atoms with van der Waals surface area (Å²) < 4.78 is 0. The van der Waals surface area contributed by atoms with Crippen molar-refractivity contribution in [2.45, 2.75) is 84.5 Å². The van der Waals surface area contributed by atoms with Gasteiger partial charge in [-0.25, -0.2) is 0 Å². The summed E-state index contributed by atoms with van der Waals surface area (Å²) in [5.41, 5.74) is 0. The predicted octanol–water partition coefficient (Wildman–Crippen LogP) is 6.33. The lowest BCUT2D eigenvalue weighted by Gasteiger charge is -2.06. The average molecular weight is 291 g/mol. The SMILES string of the molecule is CCCCCCCCCCCCC(C)CBr. The molecule has 0 heterocycles. The molecule has 0 spiro atoms. The van der Waals surface area contributed by atoms with Crippen molar-refractivity contribution in [3.63, 3.8) is 0 Å². The minimum absolute atomic E-state index is 0.869. The normalized spacial score (nSPS) is 12.9. The van der Waals surface area contributed by atoms with Gasteiger partial charge in [-0.2, -0.15) is 0 Å². The third-order valence-corrected chi connectivity index (χ3v) is 4.42. The van der Waals surface area contributed by atoms with E-state index in [1.54, 1.807) is 0 Å². The monoisotopic (exact) mass is 290 g/mol. The molecule has 0 amide bonds. The van der Waals surface area contributed by atoms with E-state index in [1.165, 1.54) is 76.0 Å². The highest BCUT2D eigenvalue weighted by Gasteiger charge is 1.98. The van der Waals surface area contributed by atoms with Gasteiger partial charge in [0.2, 0.25) is 0 Å². The van der Waals surface area contributed by atoms with Gasteiger partial charge in [0, 0.05) is 5.33 Å². The quantitative estimate of drug-likeness (QED) is 0.291. The van der Waals surface area contributed by atoms with Gasteiger partial charge < -0.3 is 0 Å². The number of hydrogen-bond donors (Lipinski definition) is 0. The topological polar surface area (TPSA) is 0 Å². The molecule has 0 aromatic heterocycles. The van der Waals surface area contributed by atoms with Crippen LogP contribution < -0.4 is 0 Å². The first-order valence-corrected chi connectivity index (χ1v) is 8.49. The van der Waals surface area contributed by atoms with Crippen molar-refractivity contribution in [3.8, 4) is 0 Å². The van der Waals surface area contributed by atoms with Gasteiger partial charge in [0.05, 0.1) is 0 Å². The number of hydrogen-bond acceptors (Lipinski definition) is 0. The predicted molar refractivity (Wildman–Crippen MR) is 79.4 cm³/mol. The van der Waals surface area contributed by atoms with Gasteiger partial charge in [0.25, 0.3) is 0 Å². The number of halogens is 1. The molecule has 0 aliphatic rings. The number of unbranched alkanes of at least 4 members (excludes halogenated alkanes) is 9. The van der Waals surface area contributed by atoms with Gasteiger partial charge in [-0.1, -0.05) is 94.0 Å². The van der Waals surface area contributed by atoms with Crippen molar-refractivity contribution < 1.29 is 0 Å². The van der Waals surface area contributed by atoms with Gasteiger partial charge >= 0.3 is 0 Å². The summed E-state index contributed by atoms with van der Waals surface area (Å²) in [4.78, 5) is 0. The number of rotatable bonds is 12. The summed E-state index contributed by atoms with van der Waals surface area (Å²) in [7, 11) is 0. The summed E-state index contributed by atoms with van der Waals surface area (Å²) in [6.45, 7) is 4.62. The van der Waals surface area contributed by atoms with E-state index in [4.69, 9.17) is 0 Å². The Morgan fingerprint density at radius 2 is 1.19 bits per heavy atom. The van der Waals surface area contributed by atoms with Gasteiger partial charge in [0.15, 0.2) is 0 Å². The van der Waals surface area contributed by atoms with E-state index >= 15 is 0 Å². The fraction of sp³-hybridized carbons (Fsp3) is 1.00. The third-order valence-electron chi connectivity index (χ3n) is 3.31. The second-order valence-corrected chi connectivity index (χ2v) is 5.88. The first-order chi connectivity index (χ1) is 7.81. The van der Waals surface area contributed by atoms with Crippen LogP contribution in [0.5, 0.6) is 0 Å². The fourth-order valence-corrected chi connectivity index (χ4v) is 2.38. The molecule has 0 aromatic rings. The van der Waals surface area contributed by atoms with Gasteiger partial charge in [0.1, 0.15) is 0 Å². The fourth-order valence-electron chi connectivity index (χ4n) is 2.06. The lowest BCUT2D eigenvalue weighted by Crippen LogP contribution is -1.94. The first-order valence-electron chi connectivity index (χ1n) is 7.37. The second kappa shape index (κ2) is 13.5. The Balaban J connectivity index is 2.93. The molecule has 0 nitrogen and oxygen atoms in total. The van der Waals surface area contributed by atoms with E-state index in [0.29, 0.717) is 0 Å². The van der Waals surface area contributed by atoms with Crippen LogP contribution in [0.1, 0.15) is 84.5 Å². The Morgan fingerprint density at radius 3 is 1.62 bits per heavy atom. The summed E-state index contributed by atoms with van der Waals surface area (Å²) in [6.07, 6.45) is 15.9. The van der Waals surface area contributed by atoms with Gasteiger partial charge in [-0.3, -0.25) is 0 Å². The molecule has 1 heteroatoms. The summed E-state index contributed by atoms with van der Waals surface area (Å²) >= 11 is 3.54. The van der Waals surface area contributed by atoms with Crippen LogP contribution in [0.15, 0.2) is 0 Å². The first kappa shape index (κ1) is 16.5. The van der Waals surface area contributed by atoms with Crippen LogP contribution in [0, 0.1) is 5.92 Å². The van der Waals surface area contributed by atoms with Crippen molar-refractivity contribution in [2.24, 2.45) is 5.92 Å². The van der Waals surface area contributed by atoms with Crippen molar-refractivity contribution in [3.05, 3.63) is 0 Å². The van der Waals surface area contributed by atoms with Crippen molar-refractivity contribution >= 4 is 15.9 Å². The zero-order valence-electron chi connectivity index (χ0n) is 11.4. The molecule has 0 aromatic carbocycles. The second-order valence-electron chi connectivity index (χ2n) is 5.23. The minimum Gasteiger partial charge on any atom is -0.0925 e. The van der Waals surface area contributed by atoms with Crippen molar-refractivity contribution in [1.29, 1.82) is 0 Å². The van der Waals surface area contributed by atoms with Crippen LogP contribution in [-0.4, -0.2) is 5.33 Å². The van der Waals surface area contributed by atoms with E-state index < -0.39 is 0 Å². The molecule has 1 atom stereocenters. The molecule has 1 unspecified atom stereocenters. The minimum atomic E-state index is 0.869. The Hall–Kier alpha value is 0.480. The van der Waals surface area contributed by atoms with Crippen LogP contribution in [0.2, 0.25) is 0 Å². The highest BCUT2D eigenvalue weighted by molar-refractivity contribution is 9.09. The molecule has 16 heavy (non-hydrogen) atoms. The Morgan fingerprint density at radius 1 is 0.750 bits per heavy atom. The van der Waals surface area contributed by atoms with Crippen LogP contribution in [0.4, 0.5) is 0 Å². The molecule has 0 aliphatic carbocycles. The zero-order valence-corrected chi connectivity index (χ0v) is 13.0. The van der Waals surface area contributed by atoms with Crippen molar-refractivity contribution in [2.75, 3.05) is 5.33 Å². The van der Waals surface area contributed by atoms with Gasteiger partial charge in [-0.15, -0.1) is 0 Å². The highest BCUT2D eigenvalue weighted by Crippen LogP contribution is 2.14. The molecule has 0 saturated carbocycles. The largest absolute Gasteiger partial charge is 0.0925 e. The smallest absolute Gasteiger partial charge is 0.00570 e. The van der Waals surface area contributed by atoms with Crippen LogP contribution in [-0.2, 0) is 0 Å². The molecule has 0 aliphatic heterocycles. The maximum absolute atomic E-state index is 3.54. The Kier molecular flexibility index (Phi) is 14.0. The summed E-state index contributed by atoms with van der Waals surface area (Å²) in [6, 6.07) is 0. The molecule has 0 radical (unpaired) electrons. The molecule has 0 rings (SSSR count). The van der Waals surface area contributed by atoms with Crippen molar-refractivity contribution in [1.82, 2.24) is 0 Å². The molecule has 98 valence electrons. The molecule has 0 bridgehead atoms. The molecular formula is C15H31Br. The Labute approximate surface area is 112 Å². The highest BCUT2D eigenvalue weighted by atomic mass is 79.9. The molecule has 0 fully saturated rings. The van der Waals surface area contributed by atoms with E-state index in [9.17, 15) is 0 Å². The van der Waals surface area contributed by atoms with Crippen LogP contribution in [0.3, 0.4) is 0 Å². The number of alkyl halides is 1. The summed E-state index contributed by atoms with van der Waals surface area (Å²) in [5, 5.41) is 1.17. The standard InChI is InChI=1S/C15H31Br/c1-3-4-5-6-7-8-9-10-11-12-13-15(2)14-16/h15H,3-14H2,1-2H3. The van der Waals surface area contributed by atoms with Crippen LogP contribution in [0.25, 0.3) is 0 Å².